The third-order valence-electron chi connectivity index (χ3n) is 5.56. The molecule has 0 aliphatic carbocycles. The molecule has 0 unspecified atom stereocenters. The zero-order valence-corrected chi connectivity index (χ0v) is 21.5. The molecule has 9 heteroatoms. The largest absolute Gasteiger partial charge is 0.493 e. The molecule has 0 saturated heterocycles. The Bertz CT molecular complexity index is 1350. The van der Waals surface area contributed by atoms with E-state index in [1.54, 1.807) is 30.3 Å². The van der Waals surface area contributed by atoms with Gasteiger partial charge in [0.2, 0.25) is 0 Å². The van der Waals surface area contributed by atoms with Crippen molar-refractivity contribution in [2.24, 2.45) is 5.10 Å². The summed E-state index contributed by atoms with van der Waals surface area (Å²) in [6, 6.07) is 16.1. The minimum absolute atomic E-state index is 0.206. The maximum absolute atomic E-state index is 12.4. The van der Waals surface area contributed by atoms with Gasteiger partial charge in [-0.3, -0.25) is 14.4 Å². The predicted octanol–water partition coefficient (Wildman–Crippen LogP) is 4.04. The van der Waals surface area contributed by atoms with Crippen LogP contribution in [0.15, 0.2) is 59.7 Å². The smallest absolute Gasteiger partial charge is 0.329 e. The summed E-state index contributed by atoms with van der Waals surface area (Å²) in [5, 5.41) is 9.20. The van der Waals surface area contributed by atoms with Gasteiger partial charge >= 0.3 is 11.8 Å². The Hall–Kier alpha value is -4.66. The van der Waals surface area contributed by atoms with Crippen molar-refractivity contribution in [1.29, 1.82) is 0 Å². The molecule has 3 amide bonds. The van der Waals surface area contributed by atoms with Crippen LogP contribution in [0.3, 0.4) is 0 Å². The molecule has 0 fully saturated rings. The number of carbonyl (C=O) groups is 3. The maximum Gasteiger partial charge on any atom is 0.329 e. The number of hydrogen-bond acceptors (Lipinski definition) is 6. The van der Waals surface area contributed by atoms with Crippen LogP contribution in [0.5, 0.6) is 11.5 Å². The molecule has 192 valence electrons. The van der Waals surface area contributed by atoms with Crippen LogP contribution in [0.1, 0.15) is 27.8 Å². The number of benzene rings is 3. The molecule has 3 N–H and O–H groups in total. The molecular formula is C28H30N4O5. The fourth-order valence-electron chi connectivity index (χ4n) is 3.31. The van der Waals surface area contributed by atoms with E-state index in [9.17, 15) is 14.4 Å². The van der Waals surface area contributed by atoms with Crippen molar-refractivity contribution < 1.29 is 23.9 Å². The number of nitrogens with zero attached hydrogens (tertiary/aromatic N) is 1. The number of amides is 3. The topological polar surface area (TPSA) is 118 Å². The van der Waals surface area contributed by atoms with E-state index in [1.165, 1.54) is 13.3 Å². The first-order valence-electron chi connectivity index (χ1n) is 11.6. The lowest BCUT2D eigenvalue weighted by molar-refractivity contribution is -0.136. The Morgan fingerprint density at radius 3 is 2.30 bits per heavy atom. The van der Waals surface area contributed by atoms with Gasteiger partial charge in [0.25, 0.3) is 5.91 Å². The first-order valence-corrected chi connectivity index (χ1v) is 11.6. The molecule has 0 saturated carbocycles. The summed E-state index contributed by atoms with van der Waals surface area (Å²) in [6.45, 7) is 7.54. The van der Waals surface area contributed by atoms with Crippen LogP contribution in [-0.4, -0.2) is 37.7 Å². The first-order chi connectivity index (χ1) is 17.7. The van der Waals surface area contributed by atoms with Gasteiger partial charge in [0, 0.05) is 11.4 Å². The van der Waals surface area contributed by atoms with E-state index >= 15 is 0 Å². The molecule has 0 heterocycles. The molecule has 0 bridgehead atoms. The zero-order chi connectivity index (χ0) is 26.9. The molecule has 9 nitrogen and oxygen atoms in total. The predicted molar refractivity (Wildman–Crippen MR) is 143 cm³/mol. The van der Waals surface area contributed by atoms with Gasteiger partial charge in [-0.25, -0.2) is 5.43 Å². The average molecular weight is 503 g/mol. The van der Waals surface area contributed by atoms with Crippen molar-refractivity contribution in [3.05, 3.63) is 82.4 Å². The molecule has 0 atom stereocenters. The van der Waals surface area contributed by atoms with Gasteiger partial charge in [-0.05, 0) is 91.9 Å². The summed E-state index contributed by atoms with van der Waals surface area (Å²) in [5.74, 6) is -1.30. The number of anilines is 2. The van der Waals surface area contributed by atoms with Crippen molar-refractivity contribution >= 4 is 35.3 Å². The van der Waals surface area contributed by atoms with Crippen molar-refractivity contribution in [2.45, 2.75) is 27.7 Å². The zero-order valence-electron chi connectivity index (χ0n) is 21.5. The van der Waals surface area contributed by atoms with Gasteiger partial charge in [0.05, 0.1) is 13.3 Å². The molecule has 3 aromatic carbocycles. The Morgan fingerprint density at radius 1 is 0.811 bits per heavy atom. The Labute approximate surface area is 215 Å². The lowest BCUT2D eigenvalue weighted by atomic mass is 10.1. The van der Waals surface area contributed by atoms with Gasteiger partial charge in [-0.15, -0.1) is 0 Å². The monoisotopic (exact) mass is 502 g/mol. The number of aryl methyl sites for hydroxylation is 4. The van der Waals surface area contributed by atoms with Gasteiger partial charge in [0.1, 0.15) is 0 Å². The number of methoxy groups -OCH3 is 1. The molecule has 3 aromatic rings. The molecule has 0 aliphatic heterocycles. The third-order valence-corrected chi connectivity index (χ3v) is 5.56. The summed E-state index contributed by atoms with van der Waals surface area (Å²) in [5.41, 5.74) is 8.11. The number of nitrogens with one attached hydrogen (secondary N) is 3. The van der Waals surface area contributed by atoms with Crippen LogP contribution < -0.4 is 25.5 Å². The van der Waals surface area contributed by atoms with Gasteiger partial charge in [-0.1, -0.05) is 18.2 Å². The van der Waals surface area contributed by atoms with Crippen LogP contribution in [0.4, 0.5) is 11.4 Å². The SMILES string of the molecule is COc1cc(/C=N\NC(=O)C(=O)Nc2ccc(C)c(C)c2)ccc1OCC(=O)Nc1cc(C)ccc1C. The summed E-state index contributed by atoms with van der Waals surface area (Å²) in [4.78, 5) is 36.5. The first kappa shape index (κ1) is 26.9. The fraction of sp³-hybridized carbons (Fsp3) is 0.214. The van der Waals surface area contributed by atoms with Crippen LogP contribution in [0.2, 0.25) is 0 Å². The lowest BCUT2D eigenvalue weighted by Crippen LogP contribution is -2.32. The lowest BCUT2D eigenvalue weighted by Gasteiger charge is -2.12. The van der Waals surface area contributed by atoms with E-state index < -0.39 is 11.8 Å². The minimum Gasteiger partial charge on any atom is -0.493 e. The van der Waals surface area contributed by atoms with Crippen LogP contribution in [-0.2, 0) is 14.4 Å². The summed E-state index contributed by atoms with van der Waals surface area (Å²) in [7, 11) is 1.47. The highest BCUT2D eigenvalue weighted by molar-refractivity contribution is 6.39. The van der Waals surface area contributed by atoms with Gasteiger partial charge in [-0.2, -0.15) is 5.10 Å². The maximum atomic E-state index is 12.4. The third kappa shape index (κ3) is 7.66. The molecule has 0 aliphatic rings. The molecule has 0 radical (unpaired) electrons. The Kier molecular flexibility index (Phi) is 8.99. The van der Waals surface area contributed by atoms with Crippen LogP contribution in [0.25, 0.3) is 0 Å². The van der Waals surface area contributed by atoms with E-state index in [2.05, 4.69) is 21.2 Å². The quantitative estimate of drug-likeness (QED) is 0.244. The second kappa shape index (κ2) is 12.3. The molecule has 0 aromatic heterocycles. The Morgan fingerprint density at radius 2 is 1.57 bits per heavy atom. The second-order valence-electron chi connectivity index (χ2n) is 8.52. The van der Waals surface area contributed by atoms with Crippen molar-refractivity contribution in [2.75, 3.05) is 24.4 Å². The molecular weight excluding hydrogens is 472 g/mol. The van der Waals surface area contributed by atoms with E-state index in [4.69, 9.17) is 9.47 Å². The van der Waals surface area contributed by atoms with Crippen molar-refractivity contribution in [3.63, 3.8) is 0 Å². The standard InChI is InChI=1S/C28H30N4O5/c1-17-6-7-19(3)23(12-17)31-26(33)16-37-24-11-9-21(14-25(24)36-5)15-29-32-28(35)27(34)30-22-10-8-18(2)20(4)13-22/h6-15H,16H2,1-5H3,(H,30,34)(H,31,33)(H,32,35)/b29-15-. The van der Waals surface area contributed by atoms with Crippen LogP contribution in [0, 0.1) is 27.7 Å². The number of carbonyl (C=O) groups excluding carboxylic acids is 3. The Balaban J connectivity index is 1.54. The van der Waals surface area contributed by atoms with E-state index in [0.717, 1.165) is 27.9 Å². The van der Waals surface area contributed by atoms with Gasteiger partial charge in [0.15, 0.2) is 18.1 Å². The average Bonchev–Trinajstić information content (AvgIpc) is 2.87. The fourth-order valence-corrected chi connectivity index (χ4v) is 3.31. The molecule has 3 rings (SSSR count). The summed E-state index contributed by atoms with van der Waals surface area (Å²) in [6.07, 6.45) is 1.36. The van der Waals surface area contributed by atoms with E-state index in [1.807, 2.05) is 52.0 Å². The second-order valence-corrected chi connectivity index (χ2v) is 8.52. The van der Waals surface area contributed by atoms with Crippen molar-refractivity contribution in [1.82, 2.24) is 5.43 Å². The highest BCUT2D eigenvalue weighted by Gasteiger charge is 2.14. The van der Waals surface area contributed by atoms with E-state index in [-0.39, 0.29) is 12.5 Å². The minimum atomic E-state index is -0.906. The number of rotatable bonds is 8. The number of hydrazone groups is 1. The van der Waals surface area contributed by atoms with Gasteiger partial charge < -0.3 is 20.1 Å². The number of ether oxygens (including phenoxy) is 2. The number of hydrogen-bond donors (Lipinski definition) is 3. The molecule has 0 spiro atoms. The van der Waals surface area contributed by atoms with E-state index in [0.29, 0.717) is 22.7 Å². The summed E-state index contributed by atoms with van der Waals surface area (Å²) >= 11 is 0. The summed E-state index contributed by atoms with van der Waals surface area (Å²) < 4.78 is 11.0. The highest BCUT2D eigenvalue weighted by Crippen LogP contribution is 2.27. The van der Waals surface area contributed by atoms with Crippen molar-refractivity contribution in [3.8, 4) is 11.5 Å². The highest BCUT2D eigenvalue weighted by atomic mass is 16.5. The van der Waals surface area contributed by atoms with Crippen LogP contribution >= 0.6 is 0 Å². The normalized spacial score (nSPS) is 10.6. The molecule has 37 heavy (non-hydrogen) atoms.